The van der Waals surface area contributed by atoms with E-state index in [1.54, 1.807) is 6.07 Å². The van der Waals surface area contributed by atoms with E-state index in [9.17, 15) is 4.79 Å². The first kappa shape index (κ1) is 13.6. The minimum absolute atomic E-state index is 0.151. The number of rotatable bonds is 3. The normalized spacial score (nSPS) is 10.7. The minimum Gasteiger partial charge on any atom is -0.492 e. The number of fused-ring (bicyclic) bond motifs is 1. The average Bonchev–Trinajstić information content (AvgIpc) is 2.49. The maximum atomic E-state index is 12.7. The second-order valence-electron chi connectivity index (χ2n) is 4.52. The molecule has 1 aromatic heterocycles. The molecule has 2 aromatic carbocycles. The molecule has 1 N–H and O–H groups in total. The molecule has 0 unspecified atom stereocenters. The van der Waals surface area contributed by atoms with Crippen LogP contribution in [0.2, 0.25) is 0 Å². The summed E-state index contributed by atoms with van der Waals surface area (Å²) >= 11 is 5.34. The first-order chi connectivity index (χ1) is 10.2. The van der Waals surface area contributed by atoms with Crippen LogP contribution in [0.25, 0.3) is 16.6 Å². The Morgan fingerprint density at radius 3 is 2.67 bits per heavy atom. The Balaban J connectivity index is 2.36. The van der Waals surface area contributed by atoms with Crippen molar-refractivity contribution in [1.29, 1.82) is 0 Å². The molecule has 0 aliphatic rings. The first-order valence-corrected chi connectivity index (χ1v) is 7.09. The molecule has 0 spiro atoms. The van der Waals surface area contributed by atoms with Gasteiger partial charge in [-0.25, -0.2) is 4.57 Å². The van der Waals surface area contributed by atoms with Gasteiger partial charge in [-0.3, -0.25) is 4.79 Å². The highest BCUT2D eigenvalue weighted by Crippen LogP contribution is 2.22. The van der Waals surface area contributed by atoms with Crippen molar-refractivity contribution in [3.63, 3.8) is 0 Å². The van der Waals surface area contributed by atoms with E-state index >= 15 is 0 Å². The van der Waals surface area contributed by atoms with Crippen molar-refractivity contribution in [1.82, 2.24) is 9.55 Å². The largest absolute Gasteiger partial charge is 0.492 e. The van der Waals surface area contributed by atoms with Crippen molar-refractivity contribution in [2.75, 3.05) is 6.61 Å². The van der Waals surface area contributed by atoms with Crippen LogP contribution in [0.3, 0.4) is 0 Å². The maximum Gasteiger partial charge on any atom is 0.266 e. The van der Waals surface area contributed by atoms with Crippen LogP contribution >= 0.6 is 12.2 Å². The average molecular weight is 298 g/mol. The van der Waals surface area contributed by atoms with Gasteiger partial charge in [-0.05, 0) is 43.4 Å². The van der Waals surface area contributed by atoms with Crippen molar-refractivity contribution in [2.45, 2.75) is 6.92 Å². The number of aromatic amines is 1. The zero-order valence-corrected chi connectivity index (χ0v) is 12.3. The molecule has 0 saturated heterocycles. The highest BCUT2D eigenvalue weighted by molar-refractivity contribution is 7.71. The molecule has 4 nitrogen and oxygen atoms in total. The summed E-state index contributed by atoms with van der Waals surface area (Å²) in [6.45, 7) is 2.43. The zero-order valence-electron chi connectivity index (χ0n) is 11.5. The van der Waals surface area contributed by atoms with E-state index in [2.05, 4.69) is 4.98 Å². The molecule has 0 saturated carbocycles. The summed E-state index contributed by atoms with van der Waals surface area (Å²) in [7, 11) is 0. The third kappa shape index (κ3) is 2.36. The number of nitrogens with zero attached hydrogens (tertiary/aromatic N) is 1. The standard InChI is InChI=1S/C16H14N2O2S/c1-2-20-14-10-6-5-9-13(14)18-15(19)11-7-3-4-8-12(11)17-16(18)21/h3-10H,2H2,1H3,(H,17,21). The van der Waals surface area contributed by atoms with Gasteiger partial charge >= 0.3 is 0 Å². The van der Waals surface area contributed by atoms with Crippen LogP contribution in [0.4, 0.5) is 0 Å². The summed E-state index contributed by atoms with van der Waals surface area (Å²) in [5.41, 5.74) is 1.23. The Kier molecular flexibility index (Phi) is 3.58. The topological polar surface area (TPSA) is 47.0 Å². The van der Waals surface area contributed by atoms with Gasteiger partial charge in [-0.2, -0.15) is 0 Å². The van der Waals surface area contributed by atoms with Gasteiger partial charge in [0.2, 0.25) is 0 Å². The lowest BCUT2D eigenvalue weighted by molar-refractivity contribution is 0.339. The van der Waals surface area contributed by atoms with Gasteiger partial charge < -0.3 is 9.72 Å². The van der Waals surface area contributed by atoms with Crippen molar-refractivity contribution in [2.24, 2.45) is 0 Å². The number of aromatic nitrogens is 2. The van der Waals surface area contributed by atoms with Gasteiger partial charge in [0.15, 0.2) is 4.77 Å². The van der Waals surface area contributed by atoms with Crippen LogP contribution in [-0.4, -0.2) is 16.2 Å². The molecular formula is C16H14N2O2S. The van der Waals surface area contributed by atoms with Crippen LogP contribution in [0.15, 0.2) is 53.3 Å². The molecular weight excluding hydrogens is 284 g/mol. The van der Waals surface area contributed by atoms with Crippen molar-refractivity contribution in [3.05, 3.63) is 63.7 Å². The van der Waals surface area contributed by atoms with Gasteiger partial charge in [0.1, 0.15) is 5.75 Å². The van der Waals surface area contributed by atoms with Crippen molar-refractivity contribution < 1.29 is 4.74 Å². The molecule has 0 radical (unpaired) electrons. The van der Waals surface area contributed by atoms with Crippen LogP contribution in [0.1, 0.15) is 6.92 Å². The van der Waals surface area contributed by atoms with E-state index in [1.165, 1.54) is 4.57 Å². The number of nitrogens with one attached hydrogen (secondary N) is 1. The molecule has 0 fully saturated rings. The molecule has 0 aliphatic heterocycles. The Labute approximate surface area is 126 Å². The molecule has 21 heavy (non-hydrogen) atoms. The summed E-state index contributed by atoms with van der Waals surface area (Å²) in [5, 5.41) is 0.595. The Morgan fingerprint density at radius 1 is 1.14 bits per heavy atom. The fraction of sp³-hybridized carbons (Fsp3) is 0.125. The molecule has 0 aliphatic carbocycles. The number of hydrogen-bond acceptors (Lipinski definition) is 3. The van der Waals surface area contributed by atoms with E-state index in [0.717, 1.165) is 5.52 Å². The number of ether oxygens (including phenoxy) is 1. The van der Waals surface area contributed by atoms with Crippen LogP contribution in [0, 0.1) is 4.77 Å². The fourth-order valence-electron chi connectivity index (χ4n) is 2.30. The van der Waals surface area contributed by atoms with Gasteiger partial charge in [0.25, 0.3) is 5.56 Å². The van der Waals surface area contributed by atoms with Gasteiger partial charge in [-0.1, -0.05) is 24.3 Å². The maximum absolute atomic E-state index is 12.7. The molecule has 106 valence electrons. The number of para-hydroxylation sites is 3. The molecule has 0 bridgehead atoms. The van der Waals surface area contributed by atoms with Gasteiger partial charge in [0, 0.05) is 0 Å². The third-order valence-corrected chi connectivity index (χ3v) is 3.50. The molecule has 3 rings (SSSR count). The number of H-pyrrole nitrogens is 1. The molecule has 0 amide bonds. The van der Waals surface area contributed by atoms with E-state index in [0.29, 0.717) is 28.2 Å². The van der Waals surface area contributed by atoms with E-state index in [4.69, 9.17) is 17.0 Å². The van der Waals surface area contributed by atoms with Crippen molar-refractivity contribution >= 4 is 23.1 Å². The lowest BCUT2D eigenvalue weighted by Crippen LogP contribution is -2.21. The second-order valence-corrected chi connectivity index (χ2v) is 4.90. The smallest absolute Gasteiger partial charge is 0.266 e. The Bertz CT molecular complexity index is 912. The van der Waals surface area contributed by atoms with Gasteiger partial charge in [0.05, 0.1) is 23.2 Å². The van der Waals surface area contributed by atoms with Gasteiger partial charge in [-0.15, -0.1) is 0 Å². The molecule has 5 heteroatoms. The predicted octanol–water partition coefficient (Wildman–Crippen LogP) is 3.45. The lowest BCUT2D eigenvalue weighted by atomic mass is 10.2. The summed E-state index contributed by atoms with van der Waals surface area (Å²) in [5.74, 6) is 0.636. The highest BCUT2D eigenvalue weighted by atomic mass is 32.1. The quantitative estimate of drug-likeness (QED) is 0.753. The van der Waals surface area contributed by atoms with E-state index in [-0.39, 0.29) is 5.56 Å². The summed E-state index contributed by atoms with van der Waals surface area (Å²) < 4.78 is 7.42. The summed E-state index contributed by atoms with van der Waals surface area (Å²) in [6, 6.07) is 14.7. The third-order valence-electron chi connectivity index (χ3n) is 3.21. The van der Waals surface area contributed by atoms with Crippen LogP contribution in [-0.2, 0) is 0 Å². The lowest BCUT2D eigenvalue weighted by Gasteiger charge is -2.12. The second kappa shape index (κ2) is 5.54. The Morgan fingerprint density at radius 2 is 1.86 bits per heavy atom. The Hall–Kier alpha value is -2.40. The zero-order chi connectivity index (χ0) is 14.8. The van der Waals surface area contributed by atoms with Crippen molar-refractivity contribution in [3.8, 4) is 11.4 Å². The van der Waals surface area contributed by atoms with E-state index < -0.39 is 0 Å². The molecule has 0 atom stereocenters. The molecule has 1 heterocycles. The monoisotopic (exact) mass is 298 g/mol. The summed E-state index contributed by atoms with van der Waals surface area (Å²) in [4.78, 5) is 15.8. The summed E-state index contributed by atoms with van der Waals surface area (Å²) in [6.07, 6.45) is 0. The highest BCUT2D eigenvalue weighted by Gasteiger charge is 2.11. The van der Waals surface area contributed by atoms with Crippen LogP contribution < -0.4 is 10.3 Å². The fourth-order valence-corrected chi connectivity index (χ4v) is 2.59. The van der Waals surface area contributed by atoms with Crippen LogP contribution in [0.5, 0.6) is 5.75 Å². The minimum atomic E-state index is -0.151. The number of benzene rings is 2. The number of hydrogen-bond donors (Lipinski definition) is 1. The predicted molar refractivity (Wildman–Crippen MR) is 85.9 cm³/mol. The molecule has 3 aromatic rings. The SMILES string of the molecule is CCOc1ccccc1-n1c(=S)[nH]c2ccccc2c1=O. The first-order valence-electron chi connectivity index (χ1n) is 6.68. The van der Waals surface area contributed by atoms with E-state index in [1.807, 2.05) is 49.4 Å².